The highest BCUT2D eigenvalue weighted by Crippen LogP contribution is 2.20. The van der Waals surface area contributed by atoms with Crippen LogP contribution in [-0.4, -0.2) is 39.8 Å². The Labute approximate surface area is 111 Å². The number of carbonyl (C=O) groups is 2. The summed E-state index contributed by atoms with van der Waals surface area (Å²) in [5.41, 5.74) is -0.859. The molecule has 1 aromatic carbocycles. The molecular weight excluding hydrogens is 277 g/mol. The maximum absolute atomic E-state index is 13.3. The minimum absolute atomic E-state index is 0.104. The maximum Gasteiger partial charge on any atom is 0.328 e. The van der Waals surface area contributed by atoms with Crippen molar-refractivity contribution in [3.63, 3.8) is 0 Å². The first-order valence-corrected chi connectivity index (χ1v) is 5.20. The number of anilines is 1. The number of nitro groups is 1. The van der Waals surface area contributed by atoms with Gasteiger partial charge in [0, 0.05) is 17.8 Å². The van der Waals surface area contributed by atoms with Gasteiger partial charge in [-0.3, -0.25) is 10.1 Å². The first-order chi connectivity index (χ1) is 9.35. The summed E-state index contributed by atoms with van der Waals surface area (Å²) in [5.74, 6) is -2.60. The first-order valence-electron chi connectivity index (χ1n) is 5.20. The van der Waals surface area contributed by atoms with Crippen LogP contribution in [0.1, 0.15) is 0 Å². The van der Waals surface area contributed by atoms with E-state index in [4.69, 9.17) is 10.2 Å². The first kappa shape index (κ1) is 15.3. The summed E-state index contributed by atoms with van der Waals surface area (Å²) in [4.78, 5) is 31.4. The van der Waals surface area contributed by atoms with Gasteiger partial charge >= 0.3 is 17.7 Å². The number of carbonyl (C=O) groups excluding carboxylic acids is 1. The van der Waals surface area contributed by atoms with Crippen molar-refractivity contribution in [3.8, 4) is 0 Å². The number of carboxylic acid groups (broad SMARTS) is 1. The van der Waals surface area contributed by atoms with Gasteiger partial charge in [0.25, 0.3) is 0 Å². The molecule has 0 saturated carbocycles. The monoisotopic (exact) mass is 287 g/mol. The van der Waals surface area contributed by atoms with Crippen molar-refractivity contribution in [1.82, 2.24) is 5.32 Å². The lowest BCUT2D eigenvalue weighted by Gasteiger charge is -2.12. The van der Waals surface area contributed by atoms with Crippen LogP contribution in [0.2, 0.25) is 0 Å². The molecule has 0 bridgehead atoms. The van der Waals surface area contributed by atoms with E-state index in [1.807, 2.05) is 5.32 Å². The topological polar surface area (TPSA) is 142 Å². The molecule has 2 amide bonds. The predicted molar refractivity (Wildman–Crippen MR) is 63.7 cm³/mol. The van der Waals surface area contributed by atoms with Gasteiger partial charge < -0.3 is 20.8 Å². The smallest absolute Gasteiger partial charge is 0.328 e. The van der Waals surface area contributed by atoms with Gasteiger partial charge in [0.15, 0.2) is 6.04 Å². The summed E-state index contributed by atoms with van der Waals surface area (Å²) < 4.78 is 13.3. The van der Waals surface area contributed by atoms with Crippen LogP contribution in [-0.2, 0) is 4.79 Å². The number of hydrogen-bond acceptors (Lipinski definition) is 5. The molecule has 0 aromatic heterocycles. The van der Waals surface area contributed by atoms with Crippen LogP contribution >= 0.6 is 0 Å². The standard InChI is InChI=1S/C10H10FN3O6/c11-6-3-5(1-2-8(6)14(19)20)12-10(18)13-7(4-15)9(16)17/h1-3,7,15H,4H2,(H,16,17)(H2,12,13,18). The number of rotatable bonds is 5. The number of amides is 2. The van der Waals surface area contributed by atoms with Crippen LogP contribution in [0.25, 0.3) is 0 Å². The van der Waals surface area contributed by atoms with E-state index in [1.165, 1.54) is 0 Å². The number of aliphatic hydroxyl groups excluding tert-OH is 1. The normalized spacial score (nSPS) is 11.5. The summed E-state index contributed by atoms with van der Waals surface area (Å²) in [6.07, 6.45) is 0. The lowest BCUT2D eigenvalue weighted by atomic mass is 10.2. The average Bonchev–Trinajstić information content (AvgIpc) is 2.35. The Balaban J connectivity index is 2.74. The largest absolute Gasteiger partial charge is 0.480 e. The van der Waals surface area contributed by atoms with Crippen LogP contribution in [0.15, 0.2) is 18.2 Å². The summed E-state index contributed by atoms with van der Waals surface area (Å²) >= 11 is 0. The van der Waals surface area contributed by atoms with Crippen molar-refractivity contribution < 1.29 is 29.1 Å². The van der Waals surface area contributed by atoms with E-state index < -0.39 is 41.1 Å². The summed E-state index contributed by atoms with van der Waals surface area (Å²) in [6, 6.07) is 0.130. The number of aliphatic hydroxyl groups is 1. The highest BCUT2D eigenvalue weighted by atomic mass is 19.1. The molecule has 0 aliphatic heterocycles. The zero-order valence-electron chi connectivity index (χ0n) is 9.87. The fourth-order valence-corrected chi connectivity index (χ4v) is 1.24. The number of hydrogen-bond donors (Lipinski definition) is 4. The third kappa shape index (κ3) is 3.88. The minimum Gasteiger partial charge on any atom is -0.480 e. The fourth-order valence-electron chi connectivity index (χ4n) is 1.24. The number of aliphatic carboxylic acids is 1. The zero-order valence-corrected chi connectivity index (χ0v) is 9.87. The summed E-state index contributed by atoms with van der Waals surface area (Å²) in [7, 11) is 0. The van der Waals surface area contributed by atoms with Crippen molar-refractivity contribution >= 4 is 23.4 Å². The highest BCUT2D eigenvalue weighted by molar-refractivity contribution is 5.92. The lowest BCUT2D eigenvalue weighted by Crippen LogP contribution is -2.45. The number of nitro benzene ring substituents is 1. The highest BCUT2D eigenvalue weighted by Gasteiger charge is 2.19. The average molecular weight is 287 g/mol. The fraction of sp³-hybridized carbons (Fsp3) is 0.200. The van der Waals surface area contributed by atoms with Crippen molar-refractivity contribution in [2.24, 2.45) is 0 Å². The molecule has 0 radical (unpaired) electrons. The van der Waals surface area contributed by atoms with Crippen LogP contribution in [0.5, 0.6) is 0 Å². The Morgan fingerprint density at radius 3 is 2.55 bits per heavy atom. The van der Waals surface area contributed by atoms with Gasteiger partial charge in [0.05, 0.1) is 11.5 Å². The van der Waals surface area contributed by atoms with Crippen LogP contribution in [0.3, 0.4) is 0 Å². The van der Waals surface area contributed by atoms with E-state index >= 15 is 0 Å². The van der Waals surface area contributed by atoms with Crippen molar-refractivity contribution in [2.45, 2.75) is 6.04 Å². The molecule has 0 saturated heterocycles. The quantitative estimate of drug-likeness (QED) is 0.453. The molecule has 1 rings (SSSR count). The molecular formula is C10H10FN3O6. The molecule has 0 fully saturated rings. The molecule has 0 spiro atoms. The molecule has 1 unspecified atom stereocenters. The lowest BCUT2D eigenvalue weighted by molar-refractivity contribution is -0.387. The van der Waals surface area contributed by atoms with Crippen molar-refractivity contribution in [1.29, 1.82) is 0 Å². The molecule has 0 aliphatic rings. The Morgan fingerprint density at radius 2 is 2.10 bits per heavy atom. The Bertz CT molecular complexity index is 550. The molecule has 108 valence electrons. The molecule has 9 nitrogen and oxygen atoms in total. The third-order valence-electron chi connectivity index (χ3n) is 2.19. The van der Waals surface area contributed by atoms with Crippen LogP contribution in [0, 0.1) is 15.9 Å². The molecule has 4 N–H and O–H groups in total. The second kappa shape index (κ2) is 6.43. The SMILES string of the molecule is O=C(Nc1ccc([N+](=O)[O-])c(F)c1)NC(CO)C(=O)O. The van der Waals surface area contributed by atoms with E-state index in [1.54, 1.807) is 0 Å². The number of carboxylic acids is 1. The van der Waals surface area contributed by atoms with E-state index in [9.17, 15) is 24.1 Å². The van der Waals surface area contributed by atoms with Gasteiger partial charge in [-0.25, -0.2) is 9.59 Å². The number of halogens is 1. The maximum atomic E-state index is 13.3. The van der Waals surface area contributed by atoms with Gasteiger partial charge in [-0.05, 0) is 6.07 Å². The Morgan fingerprint density at radius 1 is 1.45 bits per heavy atom. The molecule has 20 heavy (non-hydrogen) atoms. The van der Waals surface area contributed by atoms with E-state index in [2.05, 4.69) is 5.32 Å². The molecule has 0 heterocycles. The van der Waals surface area contributed by atoms with Crippen molar-refractivity contribution in [2.75, 3.05) is 11.9 Å². The molecule has 1 aromatic rings. The van der Waals surface area contributed by atoms with Gasteiger partial charge in [-0.15, -0.1) is 0 Å². The Hall–Kier alpha value is -2.75. The molecule has 0 aliphatic carbocycles. The molecule has 10 heteroatoms. The van der Waals surface area contributed by atoms with E-state index in [0.717, 1.165) is 12.1 Å². The van der Waals surface area contributed by atoms with Gasteiger partial charge in [-0.1, -0.05) is 0 Å². The van der Waals surface area contributed by atoms with E-state index in [-0.39, 0.29) is 5.69 Å². The number of nitrogens with one attached hydrogen (secondary N) is 2. The zero-order chi connectivity index (χ0) is 15.3. The van der Waals surface area contributed by atoms with Crippen molar-refractivity contribution in [3.05, 3.63) is 34.1 Å². The second-order valence-corrected chi connectivity index (χ2v) is 3.60. The summed E-state index contributed by atoms with van der Waals surface area (Å²) in [6.45, 7) is -0.822. The summed E-state index contributed by atoms with van der Waals surface area (Å²) in [5, 5.41) is 31.7. The minimum atomic E-state index is -1.52. The predicted octanol–water partition coefficient (Wildman–Crippen LogP) is 0.301. The Kier molecular flexibility index (Phi) is 4.92. The van der Waals surface area contributed by atoms with E-state index in [0.29, 0.717) is 6.07 Å². The van der Waals surface area contributed by atoms with Gasteiger partial charge in [0.2, 0.25) is 5.82 Å². The number of urea groups is 1. The third-order valence-corrected chi connectivity index (χ3v) is 2.19. The molecule has 1 atom stereocenters. The van der Waals surface area contributed by atoms with Gasteiger partial charge in [0.1, 0.15) is 0 Å². The second-order valence-electron chi connectivity index (χ2n) is 3.60. The van der Waals surface area contributed by atoms with Gasteiger partial charge in [-0.2, -0.15) is 4.39 Å². The van der Waals surface area contributed by atoms with Crippen LogP contribution in [0.4, 0.5) is 20.6 Å². The number of benzene rings is 1. The van der Waals surface area contributed by atoms with Crippen LogP contribution < -0.4 is 10.6 Å². The number of nitrogens with zero attached hydrogens (tertiary/aromatic N) is 1.